The van der Waals surface area contributed by atoms with E-state index in [9.17, 15) is 9.59 Å². The van der Waals surface area contributed by atoms with Gasteiger partial charge < -0.3 is 20.3 Å². The van der Waals surface area contributed by atoms with Crippen LogP contribution in [0, 0.1) is 0 Å². The second kappa shape index (κ2) is 10.9. The molecular formula is C20H23Cl2N3O3. The Bertz CT molecular complexity index is 828. The molecule has 0 saturated carbocycles. The van der Waals surface area contributed by atoms with E-state index in [1.165, 1.54) is 0 Å². The Labute approximate surface area is 174 Å². The quantitative estimate of drug-likeness (QED) is 0.646. The number of carbonyl (C=O) groups is 2. The van der Waals surface area contributed by atoms with Crippen LogP contribution in [0.15, 0.2) is 42.5 Å². The Balaban J connectivity index is 1.75. The molecule has 2 aromatic rings. The van der Waals surface area contributed by atoms with Crippen molar-refractivity contribution in [2.45, 2.75) is 13.0 Å². The monoisotopic (exact) mass is 423 g/mol. The number of hydrogen-bond acceptors (Lipinski definition) is 4. The highest BCUT2D eigenvalue weighted by Crippen LogP contribution is 2.26. The molecule has 2 amide bonds. The van der Waals surface area contributed by atoms with Crippen LogP contribution in [-0.4, -0.2) is 44.0 Å². The normalized spacial score (nSPS) is 10.6. The molecule has 28 heavy (non-hydrogen) atoms. The molecule has 0 fully saturated rings. The molecule has 0 saturated heterocycles. The maximum atomic E-state index is 12.0. The van der Waals surface area contributed by atoms with Crippen LogP contribution in [-0.2, 0) is 16.1 Å². The molecule has 2 rings (SSSR count). The summed E-state index contributed by atoms with van der Waals surface area (Å²) in [4.78, 5) is 25.6. The topological polar surface area (TPSA) is 70.7 Å². The van der Waals surface area contributed by atoms with Gasteiger partial charge in [0, 0.05) is 18.3 Å². The van der Waals surface area contributed by atoms with Crippen LogP contribution in [0.5, 0.6) is 5.75 Å². The van der Waals surface area contributed by atoms with Crippen molar-refractivity contribution < 1.29 is 14.3 Å². The zero-order chi connectivity index (χ0) is 20.5. The summed E-state index contributed by atoms with van der Waals surface area (Å²) < 4.78 is 5.50. The third-order valence-electron chi connectivity index (χ3n) is 3.65. The summed E-state index contributed by atoms with van der Waals surface area (Å²) in [6.07, 6.45) is 0.208. The first-order chi connectivity index (χ1) is 13.3. The molecule has 8 heteroatoms. The maximum Gasteiger partial charge on any atom is 0.238 e. The van der Waals surface area contributed by atoms with E-state index >= 15 is 0 Å². The van der Waals surface area contributed by atoms with Crippen molar-refractivity contribution in [1.29, 1.82) is 0 Å². The van der Waals surface area contributed by atoms with Gasteiger partial charge in [0.2, 0.25) is 11.8 Å². The molecule has 2 N–H and O–H groups in total. The van der Waals surface area contributed by atoms with Gasteiger partial charge in [-0.2, -0.15) is 0 Å². The standard InChI is InChI=1S/C20H23Cl2N3O3/c1-25(2)13-20(27)24-15-5-3-4-14(10-15)12-23-19(26)8-9-28-16-6-7-17(21)18(22)11-16/h3-7,10-11H,8-9,12-13H2,1-2H3,(H,23,26)(H,24,27). The van der Waals surface area contributed by atoms with Crippen molar-refractivity contribution in [1.82, 2.24) is 10.2 Å². The molecule has 0 radical (unpaired) electrons. The summed E-state index contributed by atoms with van der Waals surface area (Å²) in [6.45, 7) is 0.896. The first-order valence-corrected chi connectivity index (χ1v) is 9.47. The van der Waals surface area contributed by atoms with Gasteiger partial charge in [0.15, 0.2) is 0 Å². The van der Waals surface area contributed by atoms with Gasteiger partial charge in [0.1, 0.15) is 5.75 Å². The summed E-state index contributed by atoms with van der Waals surface area (Å²) in [5.74, 6) is 0.330. The van der Waals surface area contributed by atoms with E-state index in [1.54, 1.807) is 23.1 Å². The molecule has 0 heterocycles. The molecular weight excluding hydrogens is 401 g/mol. The molecule has 0 bridgehead atoms. The second-order valence-corrected chi connectivity index (χ2v) is 7.25. The van der Waals surface area contributed by atoms with Crippen molar-refractivity contribution in [3.63, 3.8) is 0 Å². The molecule has 0 aromatic heterocycles. The summed E-state index contributed by atoms with van der Waals surface area (Å²) in [6, 6.07) is 12.3. The summed E-state index contributed by atoms with van der Waals surface area (Å²) in [5.41, 5.74) is 1.59. The van der Waals surface area contributed by atoms with Crippen molar-refractivity contribution in [2.24, 2.45) is 0 Å². The van der Waals surface area contributed by atoms with Crippen molar-refractivity contribution in [3.05, 3.63) is 58.1 Å². The Morgan fingerprint density at radius 1 is 1.04 bits per heavy atom. The molecule has 0 aliphatic rings. The smallest absolute Gasteiger partial charge is 0.238 e. The third-order valence-corrected chi connectivity index (χ3v) is 4.39. The van der Waals surface area contributed by atoms with Gasteiger partial charge >= 0.3 is 0 Å². The number of nitrogens with one attached hydrogen (secondary N) is 2. The Kier molecular flexibility index (Phi) is 8.57. The van der Waals surface area contributed by atoms with Crippen LogP contribution >= 0.6 is 23.2 Å². The number of hydrogen-bond donors (Lipinski definition) is 2. The minimum absolute atomic E-state index is 0.0920. The van der Waals surface area contributed by atoms with E-state index in [-0.39, 0.29) is 24.8 Å². The summed E-state index contributed by atoms with van der Waals surface area (Å²) in [7, 11) is 3.66. The van der Waals surface area contributed by atoms with Gasteiger partial charge in [0.05, 0.1) is 29.6 Å². The van der Waals surface area contributed by atoms with Crippen LogP contribution in [0.4, 0.5) is 5.69 Å². The van der Waals surface area contributed by atoms with Crippen molar-refractivity contribution >= 4 is 40.7 Å². The molecule has 0 atom stereocenters. The summed E-state index contributed by atoms with van der Waals surface area (Å²) in [5, 5.41) is 6.51. The van der Waals surface area contributed by atoms with Crippen LogP contribution in [0.2, 0.25) is 10.0 Å². The largest absolute Gasteiger partial charge is 0.493 e. The lowest BCUT2D eigenvalue weighted by Crippen LogP contribution is -2.27. The van der Waals surface area contributed by atoms with E-state index in [0.29, 0.717) is 34.6 Å². The SMILES string of the molecule is CN(C)CC(=O)Nc1cccc(CNC(=O)CCOc2ccc(Cl)c(Cl)c2)c1. The third kappa shape index (κ3) is 7.76. The molecule has 2 aromatic carbocycles. The number of ether oxygens (including phenoxy) is 1. The number of likely N-dealkylation sites (N-methyl/N-ethyl adjacent to an activating group) is 1. The number of anilines is 1. The Morgan fingerprint density at radius 2 is 1.82 bits per heavy atom. The van der Waals surface area contributed by atoms with Gasteiger partial charge in [-0.1, -0.05) is 35.3 Å². The predicted molar refractivity (Wildman–Crippen MR) is 112 cm³/mol. The van der Waals surface area contributed by atoms with Crippen LogP contribution < -0.4 is 15.4 Å². The maximum absolute atomic E-state index is 12.0. The molecule has 0 aliphatic heterocycles. The highest BCUT2D eigenvalue weighted by atomic mass is 35.5. The molecule has 0 unspecified atom stereocenters. The van der Waals surface area contributed by atoms with Gasteiger partial charge in [-0.3, -0.25) is 9.59 Å². The van der Waals surface area contributed by atoms with Crippen LogP contribution in [0.1, 0.15) is 12.0 Å². The average molecular weight is 424 g/mol. The van der Waals surface area contributed by atoms with Gasteiger partial charge in [0.25, 0.3) is 0 Å². The first kappa shape index (κ1) is 22.0. The summed E-state index contributed by atoms with van der Waals surface area (Å²) >= 11 is 11.8. The van der Waals surface area contributed by atoms with Crippen LogP contribution in [0.3, 0.4) is 0 Å². The Hall–Kier alpha value is -2.28. The van der Waals surface area contributed by atoms with E-state index in [1.807, 2.05) is 38.4 Å². The van der Waals surface area contributed by atoms with E-state index in [0.717, 1.165) is 5.56 Å². The Morgan fingerprint density at radius 3 is 2.54 bits per heavy atom. The second-order valence-electron chi connectivity index (χ2n) is 6.44. The van der Waals surface area contributed by atoms with E-state index in [2.05, 4.69) is 10.6 Å². The minimum Gasteiger partial charge on any atom is -0.493 e. The van der Waals surface area contributed by atoms with Gasteiger partial charge in [-0.25, -0.2) is 0 Å². The lowest BCUT2D eigenvalue weighted by Gasteiger charge is -2.11. The fraction of sp³-hybridized carbons (Fsp3) is 0.300. The zero-order valence-electron chi connectivity index (χ0n) is 15.8. The lowest BCUT2D eigenvalue weighted by atomic mass is 10.2. The molecule has 0 spiro atoms. The number of nitrogens with zero attached hydrogens (tertiary/aromatic N) is 1. The number of carbonyl (C=O) groups excluding carboxylic acids is 2. The fourth-order valence-electron chi connectivity index (χ4n) is 2.36. The molecule has 0 aliphatic carbocycles. The lowest BCUT2D eigenvalue weighted by molar-refractivity contribution is -0.121. The number of halogens is 2. The van der Waals surface area contributed by atoms with Crippen molar-refractivity contribution in [3.8, 4) is 5.75 Å². The number of rotatable bonds is 9. The molecule has 150 valence electrons. The minimum atomic E-state index is -0.137. The zero-order valence-corrected chi connectivity index (χ0v) is 17.3. The van der Waals surface area contributed by atoms with Gasteiger partial charge in [-0.15, -0.1) is 0 Å². The fourth-order valence-corrected chi connectivity index (χ4v) is 2.65. The van der Waals surface area contributed by atoms with Gasteiger partial charge in [-0.05, 0) is 43.9 Å². The first-order valence-electron chi connectivity index (χ1n) is 8.71. The average Bonchev–Trinajstić information content (AvgIpc) is 2.62. The predicted octanol–water partition coefficient (Wildman–Crippen LogP) is 3.58. The number of amides is 2. The van der Waals surface area contributed by atoms with Crippen molar-refractivity contribution in [2.75, 3.05) is 32.6 Å². The molecule has 6 nitrogen and oxygen atoms in total. The highest BCUT2D eigenvalue weighted by Gasteiger charge is 2.06. The number of benzene rings is 2. The van der Waals surface area contributed by atoms with E-state index in [4.69, 9.17) is 27.9 Å². The highest BCUT2D eigenvalue weighted by molar-refractivity contribution is 6.42. The van der Waals surface area contributed by atoms with Crippen LogP contribution in [0.25, 0.3) is 0 Å². The van der Waals surface area contributed by atoms with E-state index < -0.39 is 0 Å².